The molecule has 0 unspecified atom stereocenters. The molecule has 1 saturated carbocycles. The fraction of sp³-hybridized carbons (Fsp3) is 0.267. The Morgan fingerprint density at radius 3 is 2.95 bits per heavy atom. The Morgan fingerprint density at radius 1 is 1.35 bits per heavy atom. The molecule has 0 aliphatic heterocycles. The molecule has 0 amide bonds. The highest BCUT2D eigenvalue weighted by Crippen LogP contribution is 2.32. The van der Waals surface area contributed by atoms with E-state index in [4.69, 9.17) is 16.3 Å². The molecule has 20 heavy (non-hydrogen) atoms. The number of benzene rings is 1. The van der Waals surface area contributed by atoms with Crippen LogP contribution in [0.3, 0.4) is 0 Å². The maximum absolute atomic E-state index is 6.29. The maximum Gasteiger partial charge on any atom is 0.146 e. The summed E-state index contributed by atoms with van der Waals surface area (Å²) >= 11 is 9.67. The van der Waals surface area contributed by atoms with Crippen molar-refractivity contribution in [3.05, 3.63) is 51.7 Å². The van der Waals surface area contributed by atoms with Crippen LogP contribution in [0.25, 0.3) is 0 Å². The van der Waals surface area contributed by atoms with Crippen molar-refractivity contribution in [2.45, 2.75) is 25.4 Å². The smallest absolute Gasteiger partial charge is 0.146 e. The molecule has 0 atom stereocenters. The highest BCUT2D eigenvalue weighted by atomic mass is 79.9. The van der Waals surface area contributed by atoms with Gasteiger partial charge in [-0.3, -0.25) is 4.98 Å². The largest absolute Gasteiger partial charge is 0.455 e. The minimum absolute atomic E-state index is 0.631. The number of nitrogens with one attached hydrogen (secondary N) is 1. The van der Waals surface area contributed by atoms with E-state index in [2.05, 4.69) is 26.2 Å². The molecule has 104 valence electrons. The van der Waals surface area contributed by atoms with Crippen LogP contribution in [-0.4, -0.2) is 11.0 Å². The minimum atomic E-state index is 0.631. The Hall–Kier alpha value is -1.10. The standard InChI is InChI=1S/C15H14BrClN2O/c16-10-6-12(8-18-7-10)20-15-3-1-2-14(17)13(15)9-19-11-4-5-11/h1-3,6-8,11,19H,4-5,9H2. The third-order valence-corrected chi connectivity index (χ3v) is 3.92. The Morgan fingerprint density at radius 2 is 2.20 bits per heavy atom. The summed E-state index contributed by atoms with van der Waals surface area (Å²) in [6.07, 6.45) is 5.90. The molecule has 3 nitrogen and oxygen atoms in total. The first kappa shape index (κ1) is 13.9. The molecule has 1 fully saturated rings. The summed E-state index contributed by atoms with van der Waals surface area (Å²) in [7, 11) is 0. The van der Waals surface area contributed by atoms with E-state index in [-0.39, 0.29) is 0 Å². The molecule has 5 heteroatoms. The van der Waals surface area contributed by atoms with E-state index in [9.17, 15) is 0 Å². The number of aromatic nitrogens is 1. The zero-order chi connectivity index (χ0) is 13.9. The Kier molecular flexibility index (Phi) is 4.24. The highest BCUT2D eigenvalue weighted by Gasteiger charge is 2.21. The molecule has 0 spiro atoms. The number of ether oxygens (including phenoxy) is 1. The van der Waals surface area contributed by atoms with Crippen molar-refractivity contribution in [3.8, 4) is 11.5 Å². The topological polar surface area (TPSA) is 34.1 Å². The third-order valence-electron chi connectivity index (χ3n) is 3.13. The monoisotopic (exact) mass is 352 g/mol. The van der Waals surface area contributed by atoms with Gasteiger partial charge in [-0.1, -0.05) is 17.7 Å². The lowest BCUT2D eigenvalue weighted by Gasteiger charge is -2.13. The maximum atomic E-state index is 6.29. The molecule has 3 rings (SSSR count). The normalized spacial score (nSPS) is 14.3. The van der Waals surface area contributed by atoms with Gasteiger partial charge in [0.15, 0.2) is 0 Å². The van der Waals surface area contributed by atoms with Crippen molar-refractivity contribution in [2.75, 3.05) is 0 Å². The number of nitrogens with zero attached hydrogens (tertiary/aromatic N) is 1. The minimum Gasteiger partial charge on any atom is -0.455 e. The van der Waals surface area contributed by atoms with Gasteiger partial charge in [0.05, 0.1) is 6.20 Å². The van der Waals surface area contributed by atoms with E-state index in [1.54, 1.807) is 12.4 Å². The molecule has 2 aromatic rings. The predicted octanol–water partition coefficient (Wildman–Crippen LogP) is 4.54. The van der Waals surface area contributed by atoms with Gasteiger partial charge in [0.2, 0.25) is 0 Å². The van der Waals surface area contributed by atoms with Crippen LogP contribution in [0.2, 0.25) is 5.02 Å². The van der Waals surface area contributed by atoms with Gasteiger partial charge in [0.1, 0.15) is 11.5 Å². The van der Waals surface area contributed by atoms with Gasteiger partial charge in [0, 0.05) is 33.8 Å². The fourth-order valence-corrected chi connectivity index (χ4v) is 2.49. The van der Waals surface area contributed by atoms with Gasteiger partial charge in [0.25, 0.3) is 0 Å². The fourth-order valence-electron chi connectivity index (χ4n) is 1.92. The zero-order valence-corrected chi connectivity index (χ0v) is 13.1. The molecule has 1 aliphatic rings. The average molecular weight is 354 g/mol. The zero-order valence-electron chi connectivity index (χ0n) is 10.8. The molecular weight excluding hydrogens is 340 g/mol. The summed E-state index contributed by atoms with van der Waals surface area (Å²) < 4.78 is 6.79. The molecule has 1 heterocycles. The summed E-state index contributed by atoms with van der Waals surface area (Å²) in [5, 5.41) is 4.18. The average Bonchev–Trinajstić information content (AvgIpc) is 3.22. The number of hydrogen-bond donors (Lipinski definition) is 1. The van der Waals surface area contributed by atoms with Crippen LogP contribution in [0.15, 0.2) is 41.1 Å². The molecule has 1 N–H and O–H groups in total. The number of hydrogen-bond acceptors (Lipinski definition) is 3. The first-order valence-corrected chi connectivity index (χ1v) is 7.68. The van der Waals surface area contributed by atoms with Crippen molar-refractivity contribution in [1.82, 2.24) is 10.3 Å². The summed E-state index contributed by atoms with van der Waals surface area (Å²) in [6, 6.07) is 8.22. The van der Waals surface area contributed by atoms with Crippen LogP contribution >= 0.6 is 27.5 Å². The van der Waals surface area contributed by atoms with Crippen molar-refractivity contribution < 1.29 is 4.74 Å². The second kappa shape index (κ2) is 6.12. The Balaban J connectivity index is 1.82. The van der Waals surface area contributed by atoms with Crippen LogP contribution in [0.1, 0.15) is 18.4 Å². The third kappa shape index (κ3) is 3.51. The SMILES string of the molecule is Clc1cccc(Oc2cncc(Br)c2)c1CNC1CC1. The number of halogens is 2. The van der Waals surface area contributed by atoms with E-state index in [0.29, 0.717) is 11.8 Å². The second-order valence-corrected chi connectivity index (χ2v) is 6.14. The lowest BCUT2D eigenvalue weighted by Crippen LogP contribution is -2.16. The van der Waals surface area contributed by atoms with Gasteiger partial charge in [-0.25, -0.2) is 0 Å². The first-order chi connectivity index (χ1) is 9.72. The Bertz CT molecular complexity index is 617. The summed E-state index contributed by atoms with van der Waals surface area (Å²) in [5.41, 5.74) is 0.987. The predicted molar refractivity (Wildman–Crippen MR) is 83.3 cm³/mol. The molecule has 1 aliphatic carbocycles. The van der Waals surface area contributed by atoms with Crippen LogP contribution in [-0.2, 0) is 6.54 Å². The van der Waals surface area contributed by atoms with E-state index < -0.39 is 0 Å². The van der Waals surface area contributed by atoms with Crippen molar-refractivity contribution in [2.24, 2.45) is 0 Å². The molecule has 1 aromatic carbocycles. The van der Waals surface area contributed by atoms with E-state index in [1.807, 2.05) is 24.3 Å². The Labute approximate surface area is 131 Å². The van der Waals surface area contributed by atoms with Gasteiger partial charge in [-0.15, -0.1) is 0 Å². The number of pyridine rings is 1. The number of rotatable bonds is 5. The lowest BCUT2D eigenvalue weighted by atomic mass is 10.2. The summed E-state index contributed by atoms with van der Waals surface area (Å²) in [4.78, 5) is 4.10. The molecule has 1 aromatic heterocycles. The van der Waals surface area contributed by atoms with Crippen molar-refractivity contribution in [1.29, 1.82) is 0 Å². The lowest BCUT2D eigenvalue weighted by molar-refractivity contribution is 0.470. The highest BCUT2D eigenvalue weighted by molar-refractivity contribution is 9.10. The van der Waals surface area contributed by atoms with Gasteiger partial charge in [-0.05, 0) is 47.0 Å². The van der Waals surface area contributed by atoms with E-state index in [0.717, 1.165) is 27.4 Å². The first-order valence-electron chi connectivity index (χ1n) is 6.51. The van der Waals surface area contributed by atoms with Crippen molar-refractivity contribution >= 4 is 27.5 Å². The van der Waals surface area contributed by atoms with Gasteiger partial charge in [-0.2, -0.15) is 0 Å². The molecule has 0 bridgehead atoms. The van der Waals surface area contributed by atoms with Crippen molar-refractivity contribution in [3.63, 3.8) is 0 Å². The van der Waals surface area contributed by atoms with Crippen LogP contribution < -0.4 is 10.1 Å². The van der Waals surface area contributed by atoms with E-state index in [1.165, 1.54) is 12.8 Å². The van der Waals surface area contributed by atoms with Gasteiger partial charge < -0.3 is 10.1 Å². The quantitative estimate of drug-likeness (QED) is 0.857. The molecular formula is C15H14BrClN2O. The van der Waals surface area contributed by atoms with Crippen LogP contribution in [0.4, 0.5) is 0 Å². The summed E-state index contributed by atoms with van der Waals surface area (Å²) in [5.74, 6) is 1.46. The van der Waals surface area contributed by atoms with Gasteiger partial charge >= 0.3 is 0 Å². The van der Waals surface area contributed by atoms with Crippen LogP contribution in [0.5, 0.6) is 11.5 Å². The molecule has 0 radical (unpaired) electrons. The van der Waals surface area contributed by atoms with E-state index >= 15 is 0 Å². The second-order valence-electron chi connectivity index (χ2n) is 4.81. The summed E-state index contributed by atoms with van der Waals surface area (Å²) in [6.45, 7) is 0.723. The van der Waals surface area contributed by atoms with Crippen LogP contribution in [0, 0.1) is 0 Å². The molecule has 0 saturated heterocycles.